The molecule has 0 aromatic heterocycles. The van der Waals surface area contributed by atoms with E-state index in [0.717, 1.165) is 0 Å². The van der Waals surface area contributed by atoms with Gasteiger partial charge in [0.25, 0.3) is 0 Å². The molecule has 0 spiro atoms. The normalized spacial score (nSPS) is 5.00. The molecule has 0 amide bonds. The Bertz CT molecular complexity index is 36.5. The van der Waals surface area contributed by atoms with Crippen molar-refractivity contribution in [2.24, 2.45) is 0 Å². The molecule has 0 aromatic rings. The molecule has 0 unspecified atom stereocenters. The molecule has 0 radical (unpaired) electrons. The largest absolute Gasteiger partial charge is 1.00 e. The summed E-state index contributed by atoms with van der Waals surface area (Å²) < 4.78 is 9.92. The molecule has 0 rings (SSSR count). The van der Waals surface area contributed by atoms with E-state index in [1.54, 1.807) is 0 Å². The topological polar surface area (TPSA) is 37.3 Å². The van der Waals surface area contributed by atoms with Crippen molar-refractivity contribution in [2.45, 2.75) is 0 Å². The Hall–Kier alpha value is -0.00260. The van der Waals surface area contributed by atoms with Crippen molar-refractivity contribution in [3.63, 3.8) is 0 Å². The predicted molar refractivity (Wildman–Crippen MR) is 10.2 cm³/mol. The molecule has 26 valence electrons. The summed E-state index contributed by atoms with van der Waals surface area (Å²) in [4.78, 5) is 8.33. The zero-order valence-corrected chi connectivity index (χ0v) is 2.73. The second kappa shape index (κ2) is 4.00. The van der Waals surface area contributed by atoms with Crippen LogP contribution in [0.2, 0.25) is 0 Å². The minimum Gasteiger partial charge on any atom is -1.00 e. The average molecular weight is 72.0 g/mol. The molecule has 0 atom stereocenters. The maximum Gasteiger partial charge on any atom is 1.00 e. The Kier molecular flexibility index (Phi) is 7.11. The van der Waals surface area contributed by atoms with Gasteiger partial charge in [-0.2, -0.15) is 0 Å². The number of carbonyl (C=O) groups is 1. The summed E-state index contributed by atoms with van der Waals surface area (Å²) in [6.07, 6.45) is -2.33. The van der Waals surface area contributed by atoms with E-state index < -0.39 is 6.22 Å². The van der Waals surface area contributed by atoms with Gasteiger partial charge in [0.05, 0.1) is 0 Å². The van der Waals surface area contributed by atoms with Gasteiger partial charge in [0.1, 0.15) is 0 Å². The molecule has 0 saturated heterocycles. The molecule has 0 aromatic carbocycles. The minimum absolute atomic E-state index is 0. The summed E-state index contributed by atoms with van der Waals surface area (Å²) in [6, 6.07) is 0. The number of rotatable bonds is 0. The maximum atomic E-state index is 9.92. The van der Waals surface area contributed by atoms with Crippen molar-refractivity contribution in [3.8, 4) is 0 Å². The van der Waals surface area contributed by atoms with Gasteiger partial charge < -0.3 is 6.53 Å². The second-order valence-electron chi connectivity index (χ2n) is 0.253. The van der Waals surface area contributed by atoms with E-state index >= 15 is 0 Å². The van der Waals surface area contributed by atoms with Gasteiger partial charge in [0.2, 0.25) is 0 Å². The Morgan fingerprint density at radius 1 is 2.00 bits per heavy atom. The molecule has 0 aliphatic rings. The third-order valence-corrected chi connectivity index (χ3v) is 0. The van der Waals surface area contributed by atoms with Crippen molar-refractivity contribution in [1.29, 1.82) is 0 Å². The summed E-state index contributed by atoms with van der Waals surface area (Å²) in [7, 11) is 0. The van der Waals surface area contributed by atoms with Crippen molar-refractivity contribution in [3.05, 3.63) is 0 Å². The van der Waals surface area contributed by atoms with Gasteiger partial charge in [0.15, 0.2) is 0 Å². The van der Waals surface area contributed by atoms with E-state index in [1.165, 1.54) is 0 Å². The molecule has 0 heterocycles. The first-order chi connectivity index (χ1) is 1.73. The van der Waals surface area contributed by atoms with Gasteiger partial charge in [-0.15, -0.1) is 4.39 Å². The van der Waals surface area contributed by atoms with Gasteiger partial charge in [0, 0.05) is 0 Å². The number of hydrogen-bond donors (Lipinski definition) is 1. The van der Waals surface area contributed by atoms with Crippen LogP contribution in [0.25, 0.3) is 0 Å². The summed E-state index contributed by atoms with van der Waals surface area (Å²) in [5, 5.41) is 6.75. The van der Waals surface area contributed by atoms with Crippen LogP contribution >= 0.6 is 0 Å². The standard InChI is InChI=1S/CHFO2.Li.H/c2-1(3)4;;/h(H,3,4);;/q;+1;-1. The van der Waals surface area contributed by atoms with E-state index in [0.29, 0.717) is 0 Å². The van der Waals surface area contributed by atoms with Gasteiger partial charge in [-0.05, 0) is 0 Å². The van der Waals surface area contributed by atoms with Crippen LogP contribution in [0.1, 0.15) is 1.43 Å². The quantitative estimate of drug-likeness (QED) is 0.259. The van der Waals surface area contributed by atoms with Crippen molar-refractivity contribution in [2.75, 3.05) is 0 Å². The molecule has 0 aliphatic heterocycles. The van der Waals surface area contributed by atoms with Crippen LogP contribution in [-0.4, -0.2) is 11.3 Å². The molecule has 0 saturated carbocycles. The van der Waals surface area contributed by atoms with Gasteiger partial charge >= 0.3 is 25.1 Å². The molecular weight excluding hydrogens is 69.9 g/mol. The zero-order chi connectivity index (χ0) is 3.58. The van der Waals surface area contributed by atoms with E-state index in [2.05, 4.69) is 0 Å². The molecule has 1 N–H and O–H groups in total. The molecule has 4 heteroatoms. The number of halogens is 1. The third kappa shape index (κ3) is 2360000. The first kappa shape index (κ1) is 8.89. The summed E-state index contributed by atoms with van der Waals surface area (Å²) in [5.41, 5.74) is 0. The van der Waals surface area contributed by atoms with Gasteiger partial charge in [-0.25, -0.2) is 4.79 Å². The zero-order valence-electron chi connectivity index (χ0n) is 3.73. The van der Waals surface area contributed by atoms with Gasteiger partial charge in [-0.3, -0.25) is 0 Å². The molecule has 0 fully saturated rings. The monoisotopic (exact) mass is 72.0 g/mol. The van der Waals surface area contributed by atoms with Crippen molar-refractivity contribution < 1.29 is 34.6 Å². The summed E-state index contributed by atoms with van der Waals surface area (Å²) in [6.45, 7) is 0. The van der Waals surface area contributed by atoms with Gasteiger partial charge in [-0.1, -0.05) is 0 Å². The Morgan fingerprint density at radius 2 is 2.00 bits per heavy atom. The average Bonchev–Trinajstić information content (AvgIpc) is 0.811. The van der Waals surface area contributed by atoms with Crippen LogP contribution in [0, 0.1) is 0 Å². The SMILES string of the molecule is O=C(O)F.[H-].[Li+]. The van der Waals surface area contributed by atoms with E-state index in [4.69, 9.17) is 9.90 Å². The summed E-state index contributed by atoms with van der Waals surface area (Å²) >= 11 is 0. The Morgan fingerprint density at radius 3 is 2.00 bits per heavy atom. The smallest absolute Gasteiger partial charge is 1.00 e. The predicted octanol–water partition coefficient (Wildman–Crippen LogP) is -2.25. The Labute approximate surface area is 41.6 Å². The molecule has 0 bridgehead atoms. The molecule has 5 heavy (non-hydrogen) atoms. The van der Waals surface area contributed by atoms with E-state index in [-0.39, 0.29) is 20.3 Å². The van der Waals surface area contributed by atoms with Crippen LogP contribution in [0.3, 0.4) is 0 Å². The van der Waals surface area contributed by atoms with Crippen LogP contribution in [0.15, 0.2) is 0 Å². The third-order valence-electron chi connectivity index (χ3n) is 0. The number of hydrogen-bond acceptors (Lipinski definition) is 1. The fraction of sp³-hybridized carbons (Fsp3) is 0. The Balaban J connectivity index is -0.0000000450. The molecular formula is CH2FLiO2. The van der Waals surface area contributed by atoms with Crippen LogP contribution in [0.5, 0.6) is 0 Å². The van der Waals surface area contributed by atoms with Crippen molar-refractivity contribution in [1.82, 2.24) is 0 Å². The molecule has 2 nitrogen and oxygen atoms in total. The fourth-order valence-corrected chi connectivity index (χ4v) is 0. The first-order valence-electron chi connectivity index (χ1n) is 0.617. The summed E-state index contributed by atoms with van der Waals surface area (Å²) in [5.74, 6) is 0. The molecule has 0 aliphatic carbocycles. The van der Waals surface area contributed by atoms with Crippen molar-refractivity contribution >= 4 is 6.22 Å². The van der Waals surface area contributed by atoms with Crippen LogP contribution in [-0.2, 0) is 0 Å². The fourth-order valence-electron chi connectivity index (χ4n) is 0. The van der Waals surface area contributed by atoms with Crippen LogP contribution < -0.4 is 18.9 Å². The maximum absolute atomic E-state index is 9.92. The minimum atomic E-state index is -2.33. The second-order valence-corrected chi connectivity index (χ2v) is 0.253. The van der Waals surface area contributed by atoms with E-state index in [9.17, 15) is 4.39 Å². The number of carboxylic acid groups (broad SMARTS) is 1. The van der Waals surface area contributed by atoms with Crippen LogP contribution in [0.4, 0.5) is 9.18 Å². The van der Waals surface area contributed by atoms with E-state index in [1.807, 2.05) is 0 Å². The first-order valence-corrected chi connectivity index (χ1v) is 0.617.